The molecule has 0 amide bonds. The van der Waals surface area contributed by atoms with Crippen molar-refractivity contribution in [2.75, 3.05) is 0 Å². The standard InChI is InChI=1S/C10H9ClF5N.ClH/c11-7-2-1-5(8(17)4-9(12)13)3-6(7)10(14,15)16;/h1-3,8-9H,4,17H2;1H/t8-;/m1./s1. The average molecular weight is 310 g/mol. The van der Waals surface area contributed by atoms with Gasteiger partial charge in [-0.3, -0.25) is 0 Å². The fourth-order valence-corrected chi connectivity index (χ4v) is 1.54. The van der Waals surface area contributed by atoms with Crippen LogP contribution in [-0.4, -0.2) is 6.43 Å². The summed E-state index contributed by atoms with van der Waals surface area (Å²) in [5.74, 6) is 0. The summed E-state index contributed by atoms with van der Waals surface area (Å²) in [6, 6.07) is 1.78. The molecular weight excluding hydrogens is 300 g/mol. The van der Waals surface area contributed by atoms with Gasteiger partial charge in [0.25, 0.3) is 0 Å². The Balaban J connectivity index is 0.00000289. The molecule has 8 heteroatoms. The van der Waals surface area contributed by atoms with Crippen LogP contribution in [0.5, 0.6) is 0 Å². The molecule has 104 valence electrons. The Morgan fingerprint density at radius 2 is 1.78 bits per heavy atom. The molecule has 0 saturated heterocycles. The smallest absolute Gasteiger partial charge is 0.324 e. The minimum absolute atomic E-state index is 0. The molecule has 18 heavy (non-hydrogen) atoms. The summed E-state index contributed by atoms with van der Waals surface area (Å²) < 4.78 is 61.6. The molecule has 2 N–H and O–H groups in total. The fraction of sp³-hybridized carbons (Fsp3) is 0.400. The van der Waals surface area contributed by atoms with E-state index in [0.717, 1.165) is 6.07 Å². The van der Waals surface area contributed by atoms with Crippen molar-refractivity contribution in [1.29, 1.82) is 0 Å². The molecule has 0 spiro atoms. The zero-order valence-electron chi connectivity index (χ0n) is 8.85. The maximum Gasteiger partial charge on any atom is 0.417 e. The van der Waals surface area contributed by atoms with Crippen LogP contribution in [-0.2, 0) is 6.18 Å². The summed E-state index contributed by atoms with van der Waals surface area (Å²) in [5.41, 5.74) is 4.29. The topological polar surface area (TPSA) is 26.0 Å². The van der Waals surface area contributed by atoms with E-state index in [0.29, 0.717) is 6.07 Å². The van der Waals surface area contributed by atoms with E-state index >= 15 is 0 Å². The van der Waals surface area contributed by atoms with Gasteiger partial charge in [0.2, 0.25) is 6.43 Å². The van der Waals surface area contributed by atoms with E-state index in [9.17, 15) is 22.0 Å². The van der Waals surface area contributed by atoms with Crippen LogP contribution in [0.25, 0.3) is 0 Å². The van der Waals surface area contributed by atoms with Gasteiger partial charge in [-0.1, -0.05) is 17.7 Å². The van der Waals surface area contributed by atoms with Gasteiger partial charge in [-0.25, -0.2) is 8.78 Å². The van der Waals surface area contributed by atoms with Gasteiger partial charge in [0.05, 0.1) is 10.6 Å². The third-order valence-electron chi connectivity index (χ3n) is 2.16. The highest BCUT2D eigenvalue weighted by atomic mass is 35.5. The van der Waals surface area contributed by atoms with Crippen LogP contribution in [0.15, 0.2) is 18.2 Å². The maximum atomic E-state index is 12.5. The van der Waals surface area contributed by atoms with E-state index in [1.807, 2.05) is 0 Å². The Kier molecular flexibility index (Phi) is 6.33. The molecule has 0 aliphatic carbocycles. The molecule has 0 radical (unpaired) electrons. The van der Waals surface area contributed by atoms with Crippen molar-refractivity contribution >= 4 is 24.0 Å². The van der Waals surface area contributed by atoms with Gasteiger partial charge in [-0.05, 0) is 17.7 Å². The summed E-state index contributed by atoms with van der Waals surface area (Å²) >= 11 is 5.38. The Morgan fingerprint density at radius 1 is 1.22 bits per heavy atom. The molecule has 0 fully saturated rings. The molecule has 0 bridgehead atoms. The van der Waals surface area contributed by atoms with Gasteiger partial charge in [0.1, 0.15) is 0 Å². The number of hydrogen-bond acceptors (Lipinski definition) is 1. The molecular formula is C10H10Cl2F5N. The second-order valence-corrected chi connectivity index (χ2v) is 3.88. The Hall–Kier alpha value is -0.590. The number of hydrogen-bond donors (Lipinski definition) is 1. The van der Waals surface area contributed by atoms with Gasteiger partial charge < -0.3 is 5.73 Å². The lowest BCUT2D eigenvalue weighted by molar-refractivity contribution is -0.137. The van der Waals surface area contributed by atoms with Crippen molar-refractivity contribution in [1.82, 2.24) is 0 Å². The zero-order valence-corrected chi connectivity index (χ0v) is 10.4. The summed E-state index contributed by atoms with van der Waals surface area (Å²) in [4.78, 5) is 0. The minimum atomic E-state index is -4.63. The first-order valence-corrected chi connectivity index (χ1v) is 5.00. The molecule has 0 aliphatic heterocycles. The lowest BCUT2D eigenvalue weighted by Gasteiger charge is -2.15. The van der Waals surface area contributed by atoms with E-state index in [-0.39, 0.29) is 18.0 Å². The van der Waals surface area contributed by atoms with Crippen LogP contribution in [0.2, 0.25) is 5.02 Å². The number of benzene rings is 1. The predicted molar refractivity (Wildman–Crippen MR) is 61.3 cm³/mol. The van der Waals surface area contributed by atoms with Gasteiger partial charge in [0, 0.05) is 12.5 Å². The first kappa shape index (κ1) is 17.4. The molecule has 0 saturated carbocycles. The third kappa shape index (κ3) is 4.59. The Labute approximate surface area is 112 Å². The van der Waals surface area contributed by atoms with Crippen LogP contribution < -0.4 is 5.73 Å². The van der Waals surface area contributed by atoms with Crippen molar-refractivity contribution in [2.24, 2.45) is 5.73 Å². The van der Waals surface area contributed by atoms with Crippen LogP contribution >= 0.6 is 24.0 Å². The van der Waals surface area contributed by atoms with E-state index in [2.05, 4.69) is 0 Å². The van der Waals surface area contributed by atoms with Crippen LogP contribution in [0.4, 0.5) is 22.0 Å². The normalized spacial score (nSPS) is 13.3. The zero-order chi connectivity index (χ0) is 13.2. The molecule has 1 aromatic rings. The van der Waals surface area contributed by atoms with Crippen LogP contribution in [0.3, 0.4) is 0 Å². The minimum Gasteiger partial charge on any atom is -0.324 e. The van der Waals surface area contributed by atoms with Crippen molar-refractivity contribution < 1.29 is 22.0 Å². The maximum absolute atomic E-state index is 12.5. The van der Waals surface area contributed by atoms with Gasteiger partial charge >= 0.3 is 6.18 Å². The number of halogens is 7. The summed E-state index contributed by atoms with van der Waals surface area (Å²) in [6.07, 6.45) is -7.99. The average Bonchev–Trinajstić information content (AvgIpc) is 2.15. The quantitative estimate of drug-likeness (QED) is 0.821. The van der Waals surface area contributed by atoms with Crippen LogP contribution in [0, 0.1) is 0 Å². The molecule has 1 nitrogen and oxygen atoms in total. The van der Waals surface area contributed by atoms with E-state index < -0.39 is 35.7 Å². The predicted octanol–water partition coefficient (Wildman–Crippen LogP) is 4.44. The largest absolute Gasteiger partial charge is 0.417 e. The molecule has 1 aromatic carbocycles. The molecule has 0 unspecified atom stereocenters. The lowest BCUT2D eigenvalue weighted by Crippen LogP contribution is -2.15. The number of nitrogens with two attached hydrogens (primary N) is 1. The van der Waals surface area contributed by atoms with E-state index in [4.69, 9.17) is 17.3 Å². The van der Waals surface area contributed by atoms with E-state index in [1.54, 1.807) is 0 Å². The summed E-state index contributed by atoms with van der Waals surface area (Å²) in [5, 5.41) is -0.481. The van der Waals surface area contributed by atoms with Crippen molar-refractivity contribution in [3.05, 3.63) is 34.3 Å². The summed E-state index contributed by atoms with van der Waals surface area (Å²) in [7, 11) is 0. The highest BCUT2D eigenvalue weighted by molar-refractivity contribution is 6.31. The first-order chi connectivity index (χ1) is 7.71. The lowest BCUT2D eigenvalue weighted by atomic mass is 10.0. The number of rotatable bonds is 3. The molecule has 1 rings (SSSR count). The SMILES string of the molecule is Cl.N[C@H](CC(F)F)c1ccc(Cl)c(C(F)(F)F)c1. The molecule has 0 aliphatic rings. The monoisotopic (exact) mass is 309 g/mol. The van der Waals surface area contributed by atoms with Crippen molar-refractivity contribution in [2.45, 2.75) is 25.1 Å². The van der Waals surface area contributed by atoms with Gasteiger partial charge in [0.15, 0.2) is 0 Å². The van der Waals surface area contributed by atoms with Gasteiger partial charge in [-0.15, -0.1) is 12.4 Å². The molecule has 1 atom stereocenters. The van der Waals surface area contributed by atoms with Crippen molar-refractivity contribution in [3.63, 3.8) is 0 Å². The van der Waals surface area contributed by atoms with E-state index in [1.165, 1.54) is 6.07 Å². The summed E-state index contributed by atoms with van der Waals surface area (Å²) in [6.45, 7) is 0. The molecule has 0 heterocycles. The highest BCUT2D eigenvalue weighted by Crippen LogP contribution is 2.36. The second-order valence-electron chi connectivity index (χ2n) is 3.47. The fourth-order valence-electron chi connectivity index (χ4n) is 1.32. The molecule has 0 aromatic heterocycles. The van der Waals surface area contributed by atoms with Crippen molar-refractivity contribution in [3.8, 4) is 0 Å². The third-order valence-corrected chi connectivity index (χ3v) is 2.49. The first-order valence-electron chi connectivity index (χ1n) is 4.62. The Morgan fingerprint density at radius 3 is 2.22 bits per heavy atom. The number of alkyl halides is 5. The van der Waals surface area contributed by atoms with Gasteiger partial charge in [-0.2, -0.15) is 13.2 Å². The highest BCUT2D eigenvalue weighted by Gasteiger charge is 2.33. The second kappa shape index (κ2) is 6.54. The van der Waals surface area contributed by atoms with Crippen LogP contribution in [0.1, 0.15) is 23.6 Å². The Bertz CT molecular complexity index is 394.